The van der Waals surface area contributed by atoms with E-state index >= 15 is 0 Å². The molecule has 1 atom stereocenters. The Morgan fingerprint density at radius 3 is 2.62 bits per heavy atom. The largest absolute Gasteiger partial charge is 0.465 e. The predicted octanol–water partition coefficient (Wildman–Crippen LogP) is 4.64. The van der Waals surface area contributed by atoms with Crippen LogP contribution in [0.4, 0.5) is 19.3 Å². The number of hydrogen-bond acceptors (Lipinski definition) is 5. The Bertz CT molecular complexity index is 923. The number of amides is 1. The van der Waals surface area contributed by atoms with Crippen molar-refractivity contribution in [2.45, 2.75) is 45.3 Å². The Hall–Kier alpha value is -3.37. The monoisotopic (exact) mass is 409 g/mol. The zero-order valence-electron chi connectivity index (χ0n) is 16.1. The van der Waals surface area contributed by atoms with E-state index in [-0.39, 0.29) is 16.8 Å². The van der Waals surface area contributed by atoms with Crippen molar-refractivity contribution in [3.05, 3.63) is 52.9 Å². The highest BCUT2D eigenvalue weighted by Crippen LogP contribution is 2.36. The van der Waals surface area contributed by atoms with Gasteiger partial charge in [0.2, 0.25) is 0 Å². The number of aromatic nitrogens is 3. The molecule has 1 N–H and O–H groups in total. The van der Waals surface area contributed by atoms with Gasteiger partial charge in [-0.3, -0.25) is 20.0 Å². The molecule has 29 heavy (non-hydrogen) atoms. The maximum absolute atomic E-state index is 13.3. The van der Waals surface area contributed by atoms with Gasteiger partial charge in [-0.1, -0.05) is 6.08 Å². The summed E-state index contributed by atoms with van der Waals surface area (Å²) in [7, 11) is 0. The Morgan fingerprint density at radius 2 is 2.14 bits per heavy atom. The highest BCUT2D eigenvalue weighted by molar-refractivity contribution is 5.69. The molecule has 2 rings (SSSR count). The summed E-state index contributed by atoms with van der Waals surface area (Å²) in [6.07, 6.45) is 2.62. The van der Waals surface area contributed by atoms with E-state index in [0.29, 0.717) is 5.56 Å². The van der Waals surface area contributed by atoms with Crippen LogP contribution in [0.25, 0.3) is 11.4 Å². The first-order chi connectivity index (χ1) is 13.5. The molecule has 0 saturated heterocycles. The SMILES string of the molecule is C=CC[C@@H](c1ccnc(-c2c([N+](=O)[O-])cnn2C(F)F)c1)N(C(=O)O)C(C)(C)C. The van der Waals surface area contributed by atoms with Gasteiger partial charge in [0.1, 0.15) is 6.20 Å². The van der Waals surface area contributed by atoms with E-state index in [9.17, 15) is 28.8 Å². The lowest BCUT2D eigenvalue weighted by molar-refractivity contribution is -0.384. The molecule has 2 aromatic rings. The smallest absolute Gasteiger partial charge is 0.408 e. The van der Waals surface area contributed by atoms with Gasteiger partial charge in [-0.2, -0.15) is 18.6 Å². The summed E-state index contributed by atoms with van der Waals surface area (Å²) in [5.41, 5.74) is -1.54. The molecule has 156 valence electrons. The van der Waals surface area contributed by atoms with Crippen LogP contribution in [0.5, 0.6) is 0 Å². The first-order valence-corrected chi connectivity index (χ1v) is 8.58. The summed E-state index contributed by atoms with van der Waals surface area (Å²) in [5, 5.41) is 24.4. The van der Waals surface area contributed by atoms with Gasteiger partial charge in [0.05, 0.1) is 16.7 Å². The van der Waals surface area contributed by atoms with Crippen molar-refractivity contribution in [3.8, 4) is 11.4 Å². The highest BCUT2D eigenvalue weighted by atomic mass is 19.3. The second-order valence-electron chi connectivity index (χ2n) is 7.20. The lowest BCUT2D eigenvalue weighted by Gasteiger charge is -2.39. The van der Waals surface area contributed by atoms with Crippen molar-refractivity contribution < 1.29 is 23.6 Å². The number of nitrogens with zero attached hydrogens (tertiary/aromatic N) is 5. The van der Waals surface area contributed by atoms with Crippen LogP contribution >= 0.6 is 0 Å². The summed E-state index contributed by atoms with van der Waals surface area (Å²) in [6.45, 7) is 5.70. The van der Waals surface area contributed by atoms with Crippen molar-refractivity contribution in [2.75, 3.05) is 0 Å². The number of hydrogen-bond donors (Lipinski definition) is 1. The van der Waals surface area contributed by atoms with Crippen molar-refractivity contribution in [1.82, 2.24) is 19.7 Å². The van der Waals surface area contributed by atoms with Crippen LogP contribution < -0.4 is 0 Å². The predicted molar refractivity (Wildman–Crippen MR) is 101 cm³/mol. The molecule has 0 radical (unpaired) electrons. The molecule has 0 bridgehead atoms. The number of carboxylic acid groups (broad SMARTS) is 1. The normalized spacial score (nSPS) is 12.6. The average Bonchev–Trinajstić information content (AvgIpc) is 3.05. The maximum Gasteiger partial charge on any atom is 0.408 e. The molecule has 2 heterocycles. The minimum Gasteiger partial charge on any atom is -0.465 e. The second kappa shape index (κ2) is 8.33. The molecule has 0 saturated carbocycles. The number of nitro groups is 1. The van der Waals surface area contributed by atoms with Crippen LogP contribution in [0, 0.1) is 10.1 Å². The molecule has 0 spiro atoms. The van der Waals surface area contributed by atoms with Crippen molar-refractivity contribution in [1.29, 1.82) is 0 Å². The fraction of sp³-hybridized carbons (Fsp3) is 0.389. The fourth-order valence-electron chi connectivity index (χ4n) is 3.10. The number of halogens is 2. The summed E-state index contributed by atoms with van der Waals surface area (Å²) >= 11 is 0. The van der Waals surface area contributed by atoms with Gasteiger partial charge in [0.25, 0.3) is 0 Å². The third-order valence-electron chi connectivity index (χ3n) is 4.20. The molecule has 2 aromatic heterocycles. The Morgan fingerprint density at radius 1 is 1.48 bits per heavy atom. The van der Waals surface area contributed by atoms with Gasteiger partial charge >= 0.3 is 18.3 Å². The molecule has 0 aliphatic rings. The third kappa shape index (κ3) is 4.55. The van der Waals surface area contributed by atoms with Crippen LogP contribution in [0.1, 0.15) is 45.3 Å². The van der Waals surface area contributed by atoms with Crippen LogP contribution in [0.2, 0.25) is 0 Å². The maximum atomic E-state index is 13.3. The van der Waals surface area contributed by atoms with E-state index in [1.165, 1.54) is 29.3 Å². The first-order valence-electron chi connectivity index (χ1n) is 8.58. The molecular weight excluding hydrogens is 388 g/mol. The highest BCUT2D eigenvalue weighted by Gasteiger charge is 2.34. The number of pyridine rings is 1. The van der Waals surface area contributed by atoms with E-state index in [4.69, 9.17) is 0 Å². The summed E-state index contributed by atoms with van der Waals surface area (Å²) in [6, 6.07) is 2.20. The van der Waals surface area contributed by atoms with Crippen LogP contribution in [-0.4, -0.2) is 41.3 Å². The summed E-state index contributed by atoms with van der Waals surface area (Å²) < 4.78 is 26.8. The number of carbonyl (C=O) groups is 1. The van der Waals surface area contributed by atoms with Crippen LogP contribution in [0.15, 0.2) is 37.2 Å². The van der Waals surface area contributed by atoms with Crippen molar-refractivity contribution in [3.63, 3.8) is 0 Å². The zero-order valence-corrected chi connectivity index (χ0v) is 16.1. The quantitative estimate of drug-likeness (QED) is 0.405. The Balaban J connectivity index is 2.66. The molecule has 0 aliphatic carbocycles. The molecule has 0 unspecified atom stereocenters. The molecule has 0 aliphatic heterocycles. The van der Waals surface area contributed by atoms with Gasteiger partial charge in [-0.05, 0) is 44.9 Å². The number of rotatable bonds is 7. The van der Waals surface area contributed by atoms with E-state index < -0.39 is 40.5 Å². The molecule has 1 amide bonds. The Kier molecular flexibility index (Phi) is 6.30. The first kappa shape index (κ1) is 21.9. The van der Waals surface area contributed by atoms with Gasteiger partial charge in [-0.25, -0.2) is 4.79 Å². The van der Waals surface area contributed by atoms with E-state index in [1.807, 2.05) is 0 Å². The van der Waals surface area contributed by atoms with Gasteiger partial charge < -0.3 is 5.11 Å². The minimum absolute atomic E-state index is 0.111. The average molecular weight is 409 g/mol. The van der Waals surface area contributed by atoms with Gasteiger partial charge in [0, 0.05) is 11.7 Å². The van der Waals surface area contributed by atoms with Crippen molar-refractivity contribution >= 4 is 11.8 Å². The summed E-state index contributed by atoms with van der Waals surface area (Å²) in [5.74, 6) is 0. The van der Waals surface area contributed by atoms with Crippen LogP contribution in [-0.2, 0) is 0 Å². The lowest BCUT2D eigenvalue weighted by Crippen LogP contribution is -2.47. The topological polar surface area (TPSA) is 114 Å². The van der Waals surface area contributed by atoms with Crippen molar-refractivity contribution in [2.24, 2.45) is 0 Å². The molecule has 0 aromatic carbocycles. The van der Waals surface area contributed by atoms with E-state index in [0.717, 1.165) is 6.20 Å². The molecule has 11 heteroatoms. The Labute approximate surface area is 165 Å². The van der Waals surface area contributed by atoms with E-state index in [1.54, 1.807) is 20.8 Å². The van der Waals surface area contributed by atoms with Crippen LogP contribution in [0.3, 0.4) is 0 Å². The van der Waals surface area contributed by atoms with Gasteiger partial charge in [0.15, 0.2) is 5.69 Å². The third-order valence-corrected chi connectivity index (χ3v) is 4.20. The molecular formula is C18H21F2N5O4. The lowest BCUT2D eigenvalue weighted by atomic mass is 9.96. The van der Waals surface area contributed by atoms with Gasteiger partial charge in [-0.15, -0.1) is 6.58 Å². The van der Waals surface area contributed by atoms with E-state index in [2.05, 4.69) is 16.7 Å². The molecule has 9 nitrogen and oxygen atoms in total. The standard InChI is InChI=1S/C18H21F2N5O4/c1-5-6-13(23(17(26)27)18(2,3)4)11-7-8-21-12(9-11)15-14(25(28)29)10-22-24(15)16(19)20/h5,7-10,13,16H,1,6H2,2-4H3,(H,26,27)/t13-/m0/s1. The fourth-order valence-corrected chi connectivity index (χ4v) is 3.10. The molecule has 0 fully saturated rings. The summed E-state index contributed by atoms with van der Waals surface area (Å²) in [4.78, 5) is 27.5. The number of alkyl halides is 2. The second-order valence-corrected chi connectivity index (χ2v) is 7.20. The zero-order chi connectivity index (χ0) is 21.9. The minimum atomic E-state index is -3.11.